The van der Waals surface area contributed by atoms with Crippen LogP contribution in [0.2, 0.25) is 0 Å². The minimum Gasteiger partial charge on any atom is -0.375 e. The van der Waals surface area contributed by atoms with Gasteiger partial charge < -0.3 is 9.64 Å². The van der Waals surface area contributed by atoms with Gasteiger partial charge in [0.15, 0.2) is 0 Å². The van der Waals surface area contributed by atoms with E-state index in [0.717, 1.165) is 30.8 Å². The van der Waals surface area contributed by atoms with E-state index in [2.05, 4.69) is 6.92 Å². The van der Waals surface area contributed by atoms with Crippen LogP contribution >= 0.6 is 11.3 Å². The number of piperidine rings is 1. The molecule has 0 radical (unpaired) electrons. The lowest BCUT2D eigenvalue weighted by molar-refractivity contribution is -0.133. The first kappa shape index (κ1) is 12.2. The van der Waals surface area contributed by atoms with E-state index < -0.39 is 0 Å². The van der Waals surface area contributed by atoms with Crippen molar-refractivity contribution >= 4 is 17.2 Å². The van der Waals surface area contributed by atoms with Gasteiger partial charge in [-0.05, 0) is 31.2 Å². The van der Waals surface area contributed by atoms with Crippen LogP contribution in [0, 0.1) is 5.92 Å². The van der Waals surface area contributed by atoms with Crippen LogP contribution in [0.25, 0.3) is 0 Å². The van der Waals surface area contributed by atoms with Crippen LogP contribution in [-0.2, 0) is 16.0 Å². The lowest BCUT2D eigenvalue weighted by atomic mass is 9.93. The molecule has 2 aliphatic rings. The van der Waals surface area contributed by atoms with Crippen LogP contribution in [0.1, 0.15) is 24.6 Å². The molecule has 1 aromatic rings. The molecule has 18 heavy (non-hydrogen) atoms. The average molecular weight is 265 g/mol. The summed E-state index contributed by atoms with van der Waals surface area (Å²) in [4.78, 5) is 15.4. The van der Waals surface area contributed by atoms with Crippen LogP contribution in [0.15, 0.2) is 17.5 Å². The van der Waals surface area contributed by atoms with Crippen molar-refractivity contribution in [1.82, 2.24) is 4.90 Å². The van der Waals surface area contributed by atoms with Crippen molar-refractivity contribution in [2.45, 2.75) is 38.4 Å². The van der Waals surface area contributed by atoms with Gasteiger partial charge in [0, 0.05) is 23.9 Å². The number of thiophene rings is 1. The van der Waals surface area contributed by atoms with E-state index in [4.69, 9.17) is 4.74 Å². The zero-order valence-electron chi connectivity index (χ0n) is 10.7. The van der Waals surface area contributed by atoms with E-state index in [1.165, 1.54) is 0 Å². The number of fused-ring (bicyclic) bond motifs is 1. The van der Waals surface area contributed by atoms with Crippen molar-refractivity contribution in [3.8, 4) is 0 Å². The molecule has 0 unspecified atom stereocenters. The summed E-state index contributed by atoms with van der Waals surface area (Å²) in [6, 6.07) is 4.04. The fourth-order valence-electron chi connectivity index (χ4n) is 3.10. The van der Waals surface area contributed by atoms with Gasteiger partial charge >= 0.3 is 0 Å². The average Bonchev–Trinajstić information content (AvgIpc) is 2.95. The Labute approximate surface area is 112 Å². The highest BCUT2D eigenvalue weighted by Crippen LogP contribution is 2.32. The number of rotatable bonds is 2. The second-order valence-electron chi connectivity index (χ2n) is 5.37. The minimum atomic E-state index is 0.274. The number of nitrogens with zero attached hydrogens (tertiary/aromatic N) is 1. The molecule has 3 nitrogen and oxygen atoms in total. The molecule has 1 amide bonds. The van der Waals surface area contributed by atoms with Crippen molar-refractivity contribution < 1.29 is 9.53 Å². The molecular weight excluding hydrogens is 246 g/mol. The third kappa shape index (κ3) is 2.45. The molecule has 2 saturated heterocycles. The van der Waals surface area contributed by atoms with Crippen molar-refractivity contribution in [2.75, 3.05) is 13.1 Å². The van der Waals surface area contributed by atoms with Gasteiger partial charge in [-0.15, -0.1) is 11.3 Å². The predicted molar refractivity (Wildman–Crippen MR) is 71.7 cm³/mol. The summed E-state index contributed by atoms with van der Waals surface area (Å²) in [5.41, 5.74) is 0. The Balaban J connectivity index is 1.59. The zero-order chi connectivity index (χ0) is 12.5. The van der Waals surface area contributed by atoms with E-state index in [1.54, 1.807) is 11.3 Å². The normalized spacial score (nSPS) is 31.4. The van der Waals surface area contributed by atoms with Gasteiger partial charge in [0.25, 0.3) is 0 Å². The molecule has 0 bridgehead atoms. The molecule has 0 aliphatic carbocycles. The van der Waals surface area contributed by atoms with E-state index in [1.807, 2.05) is 22.4 Å². The molecule has 0 aromatic carbocycles. The first-order valence-corrected chi connectivity index (χ1v) is 7.56. The van der Waals surface area contributed by atoms with Crippen molar-refractivity contribution in [3.05, 3.63) is 22.4 Å². The van der Waals surface area contributed by atoms with Crippen LogP contribution in [0.3, 0.4) is 0 Å². The van der Waals surface area contributed by atoms with Gasteiger partial charge in [-0.1, -0.05) is 6.07 Å². The fraction of sp³-hybridized carbons (Fsp3) is 0.643. The molecule has 4 heteroatoms. The first-order valence-electron chi connectivity index (χ1n) is 6.68. The molecule has 0 saturated carbocycles. The van der Waals surface area contributed by atoms with Crippen molar-refractivity contribution in [2.24, 2.45) is 5.92 Å². The summed E-state index contributed by atoms with van der Waals surface area (Å²) in [7, 11) is 0. The van der Waals surface area contributed by atoms with Gasteiger partial charge in [0.1, 0.15) is 0 Å². The highest BCUT2D eigenvalue weighted by atomic mass is 32.1. The Kier molecular flexibility index (Phi) is 3.39. The lowest BCUT2D eigenvalue weighted by Gasteiger charge is -2.34. The van der Waals surface area contributed by atoms with Gasteiger partial charge in [0.05, 0.1) is 18.6 Å². The van der Waals surface area contributed by atoms with Crippen LogP contribution in [0.5, 0.6) is 0 Å². The summed E-state index contributed by atoms with van der Waals surface area (Å²) in [5.74, 6) is 0.830. The fourth-order valence-corrected chi connectivity index (χ4v) is 3.79. The molecular formula is C14H19NO2S. The third-order valence-electron chi connectivity index (χ3n) is 3.96. The smallest absolute Gasteiger partial charge is 0.227 e. The summed E-state index contributed by atoms with van der Waals surface area (Å²) in [6.07, 6.45) is 3.43. The maximum Gasteiger partial charge on any atom is 0.227 e. The number of likely N-dealkylation sites (tertiary alicyclic amines) is 1. The maximum atomic E-state index is 12.2. The first-order chi connectivity index (χ1) is 8.72. The summed E-state index contributed by atoms with van der Waals surface area (Å²) in [5, 5.41) is 2.03. The Bertz CT molecular complexity index is 417. The van der Waals surface area contributed by atoms with Crippen molar-refractivity contribution in [1.29, 1.82) is 0 Å². The van der Waals surface area contributed by atoms with Crippen LogP contribution in [0.4, 0.5) is 0 Å². The summed E-state index contributed by atoms with van der Waals surface area (Å²) >= 11 is 1.66. The highest BCUT2D eigenvalue weighted by molar-refractivity contribution is 7.10. The second kappa shape index (κ2) is 5.02. The Morgan fingerprint density at radius 1 is 1.61 bits per heavy atom. The maximum absolute atomic E-state index is 12.2. The molecule has 3 heterocycles. The van der Waals surface area contributed by atoms with Gasteiger partial charge in [-0.25, -0.2) is 0 Å². The second-order valence-corrected chi connectivity index (χ2v) is 6.40. The largest absolute Gasteiger partial charge is 0.375 e. The molecule has 3 rings (SSSR count). The summed E-state index contributed by atoms with van der Waals surface area (Å²) < 4.78 is 5.86. The number of amides is 1. The highest BCUT2D eigenvalue weighted by Gasteiger charge is 2.38. The lowest BCUT2D eigenvalue weighted by Crippen LogP contribution is -2.44. The topological polar surface area (TPSA) is 29.5 Å². The Morgan fingerprint density at radius 3 is 3.28 bits per heavy atom. The van der Waals surface area contributed by atoms with Gasteiger partial charge in [-0.3, -0.25) is 4.79 Å². The van der Waals surface area contributed by atoms with E-state index in [9.17, 15) is 4.79 Å². The van der Waals surface area contributed by atoms with Crippen molar-refractivity contribution in [3.63, 3.8) is 0 Å². The van der Waals surface area contributed by atoms with Gasteiger partial charge in [-0.2, -0.15) is 0 Å². The molecule has 98 valence electrons. The number of hydrogen-bond acceptors (Lipinski definition) is 3. The predicted octanol–water partition coefficient (Wildman–Crippen LogP) is 2.32. The molecule has 0 spiro atoms. The molecule has 0 N–H and O–H groups in total. The number of carbonyl (C=O) groups excluding carboxylic acids is 1. The standard InChI is InChI=1S/C14H19NO2S/c1-10-7-11-9-15(5-4-13(11)17-10)14(16)8-12-3-2-6-18-12/h2-3,6,10-11,13H,4-5,7-9H2,1H3/t10-,11-,13+/m1/s1. The Morgan fingerprint density at radius 2 is 2.50 bits per heavy atom. The van der Waals surface area contributed by atoms with Crippen LogP contribution in [-0.4, -0.2) is 36.1 Å². The van der Waals surface area contributed by atoms with E-state index in [-0.39, 0.29) is 5.91 Å². The third-order valence-corrected chi connectivity index (χ3v) is 4.84. The van der Waals surface area contributed by atoms with Gasteiger partial charge in [0.2, 0.25) is 5.91 Å². The quantitative estimate of drug-likeness (QED) is 0.821. The number of carbonyl (C=O) groups is 1. The SMILES string of the molecule is C[C@@H]1C[C@@H]2CN(C(=O)Cc3cccs3)CC[C@@H]2O1. The monoisotopic (exact) mass is 265 g/mol. The van der Waals surface area contributed by atoms with Crippen LogP contribution < -0.4 is 0 Å². The number of ether oxygens (including phenoxy) is 1. The summed E-state index contributed by atoms with van der Waals surface area (Å²) in [6.45, 7) is 3.88. The molecule has 2 aliphatic heterocycles. The molecule has 1 aromatic heterocycles. The van der Waals surface area contributed by atoms with E-state index >= 15 is 0 Å². The minimum absolute atomic E-state index is 0.274. The van der Waals surface area contributed by atoms with E-state index in [0.29, 0.717) is 24.5 Å². The molecule has 3 atom stereocenters. The zero-order valence-corrected chi connectivity index (χ0v) is 11.5. The molecule has 2 fully saturated rings. The Hall–Kier alpha value is -0.870. The number of hydrogen-bond donors (Lipinski definition) is 0.